The number of para-hydroxylation sites is 1. The van der Waals surface area contributed by atoms with Gasteiger partial charge in [-0.3, -0.25) is 4.90 Å². The van der Waals surface area contributed by atoms with Gasteiger partial charge in [0.15, 0.2) is 0 Å². The predicted octanol–water partition coefficient (Wildman–Crippen LogP) is 3.37. The fourth-order valence-electron chi connectivity index (χ4n) is 1.77. The molecule has 0 unspecified atom stereocenters. The first kappa shape index (κ1) is 12.6. The second-order valence-corrected chi connectivity index (χ2v) is 6.39. The number of rotatable bonds is 2. The third-order valence-corrected chi connectivity index (χ3v) is 5.69. The fraction of sp³-hybridized carbons (Fsp3) is 0.417. The zero-order chi connectivity index (χ0) is 12.3. The van der Waals surface area contributed by atoms with Crippen LogP contribution in [0.5, 0.6) is 0 Å². The van der Waals surface area contributed by atoms with Gasteiger partial charge in [-0.05, 0) is 11.6 Å². The molecule has 1 heterocycles. The van der Waals surface area contributed by atoms with Crippen molar-refractivity contribution in [2.24, 2.45) is 0 Å². The van der Waals surface area contributed by atoms with Gasteiger partial charge in [-0.15, -0.1) is 23.5 Å². The summed E-state index contributed by atoms with van der Waals surface area (Å²) in [6, 6.07) is 8.02. The van der Waals surface area contributed by atoms with Gasteiger partial charge in [0.25, 0.3) is 0 Å². The number of benzene rings is 1. The van der Waals surface area contributed by atoms with E-state index in [-0.39, 0.29) is 6.09 Å². The molecule has 0 bridgehead atoms. The Bertz CT molecular complexity index is 405. The molecule has 1 aromatic rings. The minimum atomic E-state index is -0.328. The number of carbonyl (C=O) groups is 1. The Labute approximate surface area is 110 Å². The maximum absolute atomic E-state index is 11.6. The summed E-state index contributed by atoms with van der Waals surface area (Å²) in [5, 5.41) is 0. The lowest BCUT2D eigenvalue weighted by Crippen LogP contribution is -2.26. The van der Waals surface area contributed by atoms with Crippen molar-refractivity contribution in [3.63, 3.8) is 0 Å². The van der Waals surface area contributed by atoms with E-state index < -0.39 is 0 Å². The molecule has 0 spiro atoms. The lowest BCUT2D eigenvalue weighted by molar-refractivity contribution is 0.180. The minimum Gasteiger partial charge on any atom is -0.452 e. The van der Waals surface area contributed by atoms with Crippen LogP contribution < -0.4 is 4.90 Å². The van der Waals surface area contributed by atoms with Gasteiger partial charge in [0.1, 0.15) is 0 Å². The number of carbonyl (C=O) groups excluding carboxylic acids is 1. The molecule has 0 atom stereocenters. The Hall–Kier alpha value is -0.810. The third kappa shape index (κ3) is 2.72. The van der Waals surface area contributed by atoms with Crippen LogP contribution in [0.4, 0.5) is 10.5 Å². The van der Waals surface area contributed by atoms with E-state index in [9.17, 15) is 4.79 Å². The van der Waals surface area contributed by atoms with Crippen LogP contribution in [0.1, 0.15) is 10.1 Å². The summed E-state index contributed by atoms with van der Waals surface area (Å²) in [5.74, 6) is 2.34. The molecule has 1 saturated heterocycles. The molecule has 0 N–H and O–H groups in total. The summed E-state index contributed by atoms with van der Waals surface area (Å²) < 4.78 is 5.19. The van der Waals surface area contributed by atoms with E-state index in [4.69, 9.17) is 4.74 Å². The molecule has 92 valence electrons. The first-order valence-corrected chi connectivity index (χ1v) is 7.47. The van der Waals surface area contributed by atoms with Gasteiger partial charge in [0, 0.05) is 18.6 Å². The SMILES string of the molecule is COC(=O)N(C)c1ccccc1C1SCCS1. The Morgan fingerprint density at radius 3 is 2.65 bits per heavy atom. The molecule has 0 aromatic heterocycles. The average molecular weight is 269 g/mol. The Kier molecular flexibility index (Phi) is 4.23. The van der Waals surface area contributed by atoms with E-state index in [1.54, 1.807) is 11.9 Å². The third-order valence-electron chi connectivity index (χ3n) is 2.62. The molecule has 3 nitrogen and oxygen atoms in total. The van der Waals surface area contributed by atoms with Crippen molar-refractivity contribution in [1.82, 2.24) is 0 Å². The van der Waals surface area contributed by atoms with Gasteiger partial charge in [0.2, 0.25) is 0 Å². The predicted molar refractivity (Wildman–Crippen MR) is 74.9 cm³/mol. The summed E-state index contributed by atoms with van der Waals surface area (Å²) in [6.45, 7) is 0. The Morgan fingerprint density at radius 2 is 2.00 bits per heavy atom. The summed E-state index contributed by atoms with van der Waals surface area (Å²) in [5.41, 5.74) is 2.14. The monoisotopic (exact) mass is 269 g/mol. The van der Waals surface area contributed by atoms with Gasteiger partial charge in [-0.2, -0.15) is 0 Å². The highest BCUT2D eigenvalue weighted by Crippen LogP contribution is 2.48. The zero-order valence-corrected chi connectivity index (χ0v) is 11.5. The van der Waals surface area contributed by atoms with Crippen molar-refractivity contribution >= 4 is 35.3 Å². The van der Waals surface area contributed by atoms with Gasteiger partial charge in [0.05, 0.1) is 17.4 Å². The molecular weight excluding hydrogens is 254 g/mol. The lowest BCUT2D eigenvalue weighted by atomic mass is 10.2. The Morgan fingerprint density at radius 1 is 1.35 bits per heavy atom. The van der Waals surface area contributed by atoms with Gasteiger partial charge >= 0.3 is 6.09 Å². The fourth-order valence-corrected chi connectivity index (χ4v) is 4.68. The normalized spacial score (nSPS) is 15.9. The van der Waals surface area contributed by atoms with E-state index in [1.807, 2.05) is 41.7 Å². The number of amides is 1. The second kappa shape index (κ2) is 5.69. The molecule has 5 heteroatoms. The standard InChI is InChI=1S/C12H15NO2S2/c1-13(12(14)15-2)10-6-4-3-5-9(10)11-16-7-8-17-11/h3-6,11H,7-8H2,1-2H3. The number of anilines is 1. The summed E-state index contributed by atoms with van der Waals surface area (Å²) >= 11 is 3.86. The summed E-state index contributed by atoms with van der Waals surface area (Å²) in [6.07, 6.45) is -0.328. The van der Waals surface area contributed by atoms with E-state index in [1.165, 1.54) is 24.2 Å². The Balaban J connectivity index is 2.29. The highest BCUT2D eigenvalue weighted by molar-refractivity contribution is 8.19. The number of ether oxygens (including phenoxy) is 1. The molecule has 1 aliphatic rings. The van der Waals surface area contributed by atoms with Crippen LogP contribution >= 0.6 is 23.5 Å². The maximum atomic E-state index is 11.6. The molecule has 0 saturated carbocycles. The first-order chi connectivity index (χ1) is 8.24. The van der Waals surface area contributed by atoms with E-state index in [2.05, 4.69) is 6.07 Å². The number of methoxy groups -OCH3 is 1. The number of hydrogen-bond acceptors (Lipinski definition) is 4. The van der Waals surface area contributed by atoms with Crippen LogP contribution in [0.3, 0.4) is 0 Å². The highest BCUT2D eigenvalue weighted by atomic mass is 32.2. The van der Waals surface area contributed by atoms with Crippen LogP contribution in [0.25, 0.3) is 0 Å². The number of thioether (sulfide) groups is 2. The highest BCUT2D eigenvalue weighted by Gasteiger charge is 2.23. The van der Waals surface area contributed by atoms with E-state index >= 15 is 0 Å². The second-order valence-electron chi connectivity index (χ2n) is 3.66. The molecular formula is C12H15NO2S2. The van der Waals surface area contributed by atoms with E-state index in [0.717, 1.165) is 5.69 Å². The quantitative estimate of drug-likeness (QED) is 0.823. The van der Waals surface area contributed by atoms with Gasteiger partial charge in [-0.25, -0.2) is 4.79 Å². The van der Waals surface area contributed by atoms with E-state index in [0.29, 0.717) is 4.58 Å². The molecule has 1 fully saturated rings. The first-order valence-electron chi connectivity index (χ1n) is 5.38. The van der Waals surface area contributed by atoms with Crippen molar-refractivity contribution in [3.05, 3.63) is 29.8 Å². The topological polar surface area (TPSA) is 29.5 Å². The molecule has 0 aliphatic carbocycles. The van der Waals surface area contributed by atoms with Gasteiger partial charge < -0.3 is 4.74 Å². The van der Waals surface area contributed by atoms with Crippen molar-refractivity contribution in [2.75, 3.05) is 30.6 Å². The van der Waals surface area contributed by atoms with Crippen molar-refractivity contribution in [3.8, 4) is 0 Å². The lowest BCUT2D eigenvalue weighted by Gasteiger charge is -2.21. The van der Waals surface area contributed by atoms with Crippen LogP contribution in [-0.2, 0) is 4.74 Å². The summed E-state index contributed by atoms with van der Waals surface area (Å²) in [4.78, 5) is 13.1. The molecule has 0 radical (unpaired) electrons. The van der Waals surface area contributed by atoms with Gasteiger partial charge in [-0.1, -0.05) is 18.2 Å². The van der Waals surface area contributed by atoms with Crippen LogP contribution in [0, 0.1) is 0 Å². The molecule has 1 amide bonds. The maximum Gasteiger partial charge on any atom is 0.413 e. The molecule has 1 aromatic carbocycles. The van der Waals surface area contributed by atoms with Crippen molar-refractivity contribution in [1.29, 1.82) is 0 Å². The molecule has 1 aliphatic heterocycles. The number of nitrogens with zero attached hydrogens (tertiary/aromatic N) is 1. The number of hydrogen-bond donors (Lipinski definition) is 0. The van der Waals surface area contributed by atoms with Crippen LogP contribution in [0.2, 0.25) is 0 Å². The summed E-state index contributed by atoms with van der Waals surface area (Å²) in [7, 11) is 3.15. The van der Waals surface area contributed by atoms with Crippen molar-refractivity contribution in [2.45, 2.75) is 4.58 Å². The smallest absolute Gasteiger partial charge is 0.413 e. The molecule has 2 rings (SSSR count). The van der Waals surface area contributed by atoms with Crippen LogP contribution in [0.15, 0.2) is 24.3 Å². The zero-order valence-electron chi connectivity index (χ0n) is 9.88. The molecule has 17 heavy (non-hydrogen) atoms. The average Bonchev–Trinajstić information content (AvgIpc) is 2.90. The van der Waals surface area contributed by atoms with Crippen LogP contribution in [-0.4, -0.2) is 31.8 Å². The minimum absolute atomic E-state index is 0.328. The van der Waals surface area contributed by atoms with Crippen molar-refractivity contribution < 1.29 is 9.53 Å². The largest absolute Gasteiger partial charge is 0.452 e.